The summed E-state index contributed by atoms with van der Waals surface area (Å²) in [6, 6.07) is 22.0. The first-order chi connectivity index (χ1) is 18.0. The van der Waals surface area contributed by atoms with Crippen LogP contribution in [-0.4, -0.2) is 37.5 Å². The third-order valence-corrected chi connectivity index (χ3v) is 6.55. The second kappa shape index (κ2) is 8.91. The van der Waals surface area contributed by atoms with E-state index in [1.165, 1.54) is 18.2 Å². The zero-order chi connectivity index (χ0) is 25.5. The first-order valence-corrected chi connectivity index (χ1v) is 11.8. The topological polar surface area (TPSA) is 99.2 Å². The number of carboxylic acids is 1. The van der Waals surface area contributed by atoms with Crippen LogP contribution >= 0.6 is 0 Å². The Morgan fingerprint density at radius 1 is 1.05 bits per heavy atom. The van der Waals surface area contributed by atoms with Gasteiger partial charge in [0.05, 0.1) is 35.0 Å². The summed E-state index contributed by atoms with van der Waals surface area (Å²) in [5, 5.41) is 14.7. The number of methoxy groups -OCH3 is 1. The lowest BCUT2D eigenvalue weighted by Gasteiger charge is -2.06. The number of hydrogen-bond donors (Lipinski definition) is 1. The lowest BCUT2D eigenvalue weighted by Crippen LogP contribution is -2.21. The van der Waals surface area contributed by atoms with Gasteiger partial charge < -0.3 is 9.84 Å². The molecule has 8 nitrogen and oxygen atoms in total. The Kier molecular flexibility index (Phi) is 5.41. The van der Waals surface area contributed by atoms with Gasteiger partial charge in [0.1, 0.15) is 11.6 Å². The SMILES string of the molecule is COc1ccc(-c2nn(-c3ccccc3)cc2/C=C2\CCn3c2nc2cc(C(=O)O)ccc2c3=O)cc1. The van der Waals surface area contributed by atoms with E-state index in [-0.39, 0.29) is 11.1 Å². The first-order valence-electron chi connectivity index (χ1n) is 11.8. The zero-order valence-electron chi connectivity index (χ0n) is 20.0. The molecule has 0 fully saturated rings. The number of nitrogens with zero attached hydrogens (tertiary/aromatic N) is 4. The molecule has 2 aromatic heterocycles. The third-order valence-electron chi connectivity index (χ3n) is 6.55. The quantitative estimate of drug-likeness (QED) is 0.376. The molecule has 182 valence electrons. The van der Waals surface area contributed by atoms with Crippen molar-refractivity contribution in [1.29, 1.82) is 0 Å². The van der Waals surface area contributed by atoms with Crippen molar-refractivity contribution in [3.8, 4) is 22.7 Å². The molecule has 0 aliphatic carbocycles. The number of para-hydroxylation sites is 1. The molecular weight excluding hydrogens is 468 g/mol. The first kappa shape index (κ1) is 22.5. The average Bonchev–Trinajstić information content (AvgIpc) is 3.54. The highest BCUT2D eigenvalue weighted by molar-refractivity contribution is 5.94. The van der Waals surface area contributed by atoms with Gasteiger partial charge in [-0.25, -0.2) is 14.5 Å². The minimum Gasteiger partial charge on any atom is -0.497 e. The van der Waals surface area contributed by atoms with E-state index in [1.54, 1.807) is 11.7 Å². The van der Waals surface area contributed by atoms with Gasteiger partial charge in [0.25, 0.3) is 5.56 Å². The van der Waals surface area contributed by atoms with Crippen LogP contribution in [0.2, 0.25) is 0 Å². The molecule has 1 aliphatic rings. The highest BCUT2D eigenvalue weighted by Gasteiger charge is 2.23. The van der Waals surface area contributed by atoms with Crippen LogP contribution < -0.4 is 10.3 Å². The molecule has 3 aromatic carbocycles. The number of allylic oxidation sites excluding steroid dienone is 1. The van der Waals surface area contributed by atoms with Crippen molar-refractivity contribution in [3.63, 3.8) is 0 Å². The van der Waals surface area contributed by atoms with Crippen LogP contribution in [0.4, 0.5) is 0 Å². The predicted molar refractivity (Wildman–Crippen MR) is 141 cm³/mol. The minimum absolute atomic E-state index is 0.0961. The fourth-order valence-electron chi connectivity index (χ4n) is 4.65. The highest BCUT2D eigenvalue weighted by atomic mass is 16.5. The fourth-order valence-corrected chi connectivity index (χ4v) is 4.65. The van der Waals surface area contributed by atoms with E-state index >= 15 is 0 Å². The van der Waals surface area contributed by atoms with E-state index in [0.29, 0.717) is 29.7 Å². The Hall–Kier alpha value is -4.98. The Morgan fingerprint density at radius 3 is 2.57 bits per heavy atom. The van der Waals surface area contributed by atoms with E-state index in [1.807, 2.05) is 71.6 Å². The van der Waals surface area contributed by atoms with E-state index < -0.39 is 5.97 Å². The number of carboxylic acid groups (broad SMARTS) is 1. The molecule has 0 amide bonds. The molecule has 1 aliphatic heterocycles. The van der Waals surface area contributed by atoms with Gasteiger partial charge in [-0.05, 0) is 72.7 Å². The highest BCUT2D eigenvalue weighted by Crippen LogP contribution is 2.32. The molecule has 3 heterocycles. The second-order valence-corrected chi connectivity index (χ2v) is 8.79. The maximum atomic E-state index is 13.2. The Labute approximate surface area is 211 Å². The van der Waals surface area contributed by atoms with Gasteiger partial charge in [0.2, 0.25) is 0 Å². The third kappa shape index (κ3) is 3.98. The van der Waals surface area contributed by atoms with Crippen LogP contribution in [-0.2, 0) is 6.54 Å². The summed E-state index contributed by atoms with van der Waals surface area (Å²) < 4.78 is 8.80. The van der Waals surface area contributed by atoms with Crippen molar-refractivity contribution < 1.29 is 14.6 Å². The summed E-state index contributed by atoms with van der Waals surface area (Å²) in [7, 11) is 1.63. The monoisotopic (exact) mass is 490 g/mol. The van der Waals surface area contributed by atoms with Crippen LogP contribution in [0.1, 0.15) is 28.2 Å². The summed E-state index contributed by atoms with van der Waals surface area (Å²) in [6.07, 6.45) is 4.61. The number of ether oxygens (including phenoxy) is 1. The maximum absolute atomic E-state index is 13.2. The Balaban J connectivity index is 1.51. The van der Waals surface area contributed by atoms with Crippen LogP contribution in [0.15, 0.2) is 83.8 Å². The van der Waals surface area contributed by atoms with Crippen LogP contribution in [0.3, 0.4) is 0 Å². The lowest BCUT2D eigenvalue weighted by molar-refractivity contribution is 0.0697. The van der Waals surface area contributed by atoms with Crippen molar-refractivity contribution in [2.75, 3.05) is 7.11 Å². The largest absolute Gasteiger partial charge is 0.497 e. The lowest BCUT2D eigenvalue weighted by atomic mass is 10.0. The number of hydrogen-bond acceptors (Lipinski definition) is 5. The molecule has 5 aromatic rings. The van der Waals surface area contributed by atoms with Crippen molar-refractivity contribution in [2.45, 2.75) is 13.0 Å². The van der Waals surface area contributed by atoms with Crippen molar-refractivity contribution in [3.05, 3.63) is 106 Å². The molecule has 0 bridgehead atoms. The van der Waals surface area contributed by atoms with Gasteiger partial charge in [0.15, 0.2) is 0 Å². The standard InChI is InChI=1S/C29H22N4O4/c1-37-23-10-7-18(8-11-23)26-21(17-33(31-26)22-5-3-2-4-6-22)15-19-13-14-32-27(19)30-25-16-20(29(35)36)9-12-24(25)28(32)34/h2-12,15-17H,13-14H2,1H3,(H,35,36)/b19-15+. The molecule has 0 radical (unpaired) electrons. The van der Waals surface area contributed by atoms with E-state index in [9.17, 15) is 14.7 Å². The summed E-state index contributed by atoms with van der Waals surface area (Å²) in [6.45, 7) is 0.508. The molecule has 0 atom stereocenters. The Bertz CT molecular complexity index is 1750. The van der Waals surface area contributed by atoms with Gasteiger partial charge in [-0.1, -0.05) is 18.2 Å². The van der Waals surface area contributed by atoms with Gasteiger partial charge >= 0.3 is 5.97 Å². The van der Waals surface area contributed by atoms with Crippen molar-refractivity contribution in [2.24, 2.45) is 0 Å². The molecule has 6 rings (SSSR count). The summed E-state index contributed by atoms with van der Waals surface area (Å²) in [5.41, 5.74) is 4.71. The normalized spacial score (nSPS) is 13.7. The molecule has 0 spiro atoms. The number of aromatic carboxylic acids is 1. The van der Waals surface area contributed by atoms with E-state index in [4.69, 9.17) is 14.8 Å². The molecule has 1 N–H and O–H groups in total. The minimum atomic E-state index is -1.06. The van der Waals surface area contributed by atoms with Gasteiger partial charge in [-0.3, -0.25) is 9.36 Å². The second-order valence-electron chi connectivity index (χ2n) is 8.79. The summed E-state index contributed by atoms with van der Waals surface area (Å²) in [5.74, 6) is 0.248. The average molecular weight is 491 g/mol. The summed E-state index contributed by atoms with van der Waals surface area (Å²) in [4.78, 5) is 29.3. The van der Waals surface area contributed by atoms with Crippen LogP contribution in [0.5, 0.6) is 5.75 Å². The van der Waals surface area contributed by atoms with Crippen molar-refractivity contribution >= 4 is 28.5 Å². The number of fused-ring (bicyclic) bond motifs is 2. The fraction of sp³-hybridized carbons (Fsp3) is 0.103. The molecule has 37 heavy (non-hydrogen) atoms. The number of aromatic nitrogens is 4. The van der Waals surface area contributed by atoms with Crippen LogP contribution in [0, 0.1) is 0 Å². The van der Waals surface area contributed by atoms with Gasteiger partial charge in [0, 0.05) is 23.9 Å². The number of carbonyl (C=O) groups is 1. The van der Waals surface area contributed by atoms with Crippen molar-refractivity contribution in [1.82, 2.24) is 19.3 Å². The predicted octanol–water partition coefficient (Wildman–Crippen LogP) is 4.90. The number of benzene rings is 3. The molecular formula is C29H22N4O4. The molecule has 0 saturated heterocycles. The van der Waals surface area contributed by atoms with Gasteiger partial charge in [-0.2, -0.15) is 5.10 Å². The van der Waals surface area contributed by atoms with E-state index in [2.05, 4.69) is 0 Å². The zero-order valence-corrected chi connectivity index (χ0v) is 20.0. The molecule has 0 saturated carbocycles. The van der Waals surface area contributed by atoms with E-state index in [0.717, 1.165) is 33.8 Å². The molecule has 8 heteroatoms. The Morgan fingerprint density at radius 2 is 1.84 bits per heavy atom. The molecule has 0 unspecified atom stereocenters. The van der Waals surface area contributed by atoms with Crippen LogP contribution in [0.25, 0.3) is 39.5 Å². The maximum Gasteiger partial charge on any atom is 0.335 e. The number of rotatable bonds is 5. The van der Waals surface area contributed by atoms with Gasteiger partial charge in [-0.15, -0.1) is 0 Å². The summed E-state index contributed by atoms with van der Waals surface area (Å²) >= 11 is 0. The smallest absolute Gasteiger partial charge is 0.335 e.